The van der Waals surface area contributed by atoms with Crippen molar-refractivity contribution in [1.82, 2.24) is 10.2 Å². The van der Waals surface area contributed by atoms with Crippen LogP contribution in [0, 0.1) is 6.92 Å². The Hall–Kier alpha value is -2.21. The first kappa shape index (κ1) is 20.1. The summed E-state index contributed by atoms with van der Waals surface area (Å²) in [5.74, 6) is 2.15. The fraction of sp³-hybridized carbons (Fsp3) is 0.450. The molecule has 1 aromatic carbocycles. The van der Waals surface area contributed by atoms with Crippen molar-refractivity contribution in [3.63, 3.8) is 0 Å². The topological polar surface area (TPSA) is 56.4 Å². The molecule has 0 radical (unpaired) electrons. The van der Waals surface area contributed by atoms with Gasteiger partial charge in [0.1, 0.15) is 5.75 Å². The second kappa shape index (κ2) is 7.58. The SMILES string of the molecule is COc1cc(/C=C/c2cc(C)[nH]n2)c(O[Si](C)(C)C(C)(C)C)c(OC)c1. The van der Waals surface area contributed by atoms with Gasteiger partial charge in [-0.25, -0.2) is 0 Å². The van der Waals surface area contributed by atoms with E-state index in [4.69, 9.17) is 13.9 Å². The van der Waals surface area contributed by atoms with E-state index in [2.05, 4.69) is 44.1 Å². The molecule has 0 saturated heterocycles. The summed E-state index contributed by atoms with van der Waals surface area (Å²) in [6.07, 6.45) is 3.94. The van der Waals surface area contributed by atoms with Gasteiger partial charge in [0, 0.05) is 17.3 Å². The number of hydrogen-bond donors (Lipinski definition) is 1. The van der Waals surface area contributed by atoms with E-state index in [0.717, 1.165) is 28.5 Å². The molecule has 0 aliphatic heterocycles. The van der Waals surface area contributed by atoms with Gasteiger partial charge < -0.3 is 13.9 Å². The van der Waals surface area contributed by atoms with E-state index >= 15 is 0 Å². The van der Waals surface area contributed by atoms with E-state index in [1.807, 2.05) is 37.3 Å². The second-order valence-electron chi connectivity index (χ2n) is 7.92. The third-order valence-corrected chi connectivity index (χ3v) is 9.16. The minimum absolute atomic E-state index is 0.0816. The van der Waals surface area contributed by atoms with E-state index in [0.29, 0.717) is 5.75 Å². The van der Waals surface area contributed by atoms with Gasteiger partial charge in [-0.2, -0.15) is 5.10 Å². The number of rotatable bonds is 6. The van der Waals surface area contributed by atoms with Crippen molar-refractivity contribution < 1.29 is 13.9 Å². The lowest BCUT2D eigenvalue weighted by Gasteiger charge is -2.37. The van der Waals surface area contributed by atoms with Gasteiger partial charge >= 0.3 is 0 Å². The Kier molecular flexibility index (Phi) is 5.86. The quantitative estimate of drug-likeness (QED) is 0.698. The number of benzene rings is 1. The number of methoxy groups -OCH3 is 2. The highest BCUT2D eigenvalue weighted by Gasteiger charge is 2.40. The minimum Gasteiger partial charge on any atom is -0.541 e. The number of H-pyrrole nitrogens is 1. The molecule has 2 rings (SSSR count). The molecule has 5 nitrogen and oxygen atoms in total. The van der Waals surface area contributed by atoms with Crippen molar-refractivity contribution in [2.24, 2.45) is 0 Å². The molecule has 0 amide bonds. The summed E-state index contributed by atoms with van der Waals surface area (Å²) in [5.41, 5.74) is 2.79. The number of aromatic nitrogens is 2. The maximum Gasteiger partial charge on any atom is 0.250 e. The highest BCUT2D eigenvalue weighted by molar-refractivity contribution is 6.74. The summed E-state index contributed by atoms with van der Waals surface area (Å²) in [6.45, 7) is 13.1. The van der Waals surface area contributed by atoms with Gasteiger partial charge in [0.25, 0.3) is 8.32 Å². The number of ether oxygens (including phenoxy) is 2. The van der Waals surface area contributed by atoms with E-state index in [1.165, 1.54) is 0 Å². The summed E-state index contributed by atoms with van der Waals surface area (Å²) < 4.78 is 17.6. The molecular formula is C20H30N2O3Si. The first-order valence-corrected chi connectivity index (χ1v) is 11.6. The molecule has 1 aromatic heterocycles. The van der Waals surface area contributed by atoms with Crippen molar-refractivity contribution >= 4 is 20.5 Å². The van der Waals surface area contributed by atoms with Gasteiger partial charge in [-0.05, 0) is 49.3 Å². The molecule has 0 spiro atoms. The van der Waals surface area contributed by atoms with Crippen LogP contribution in [0.4, 0.5) is 0 Å². The Morgan fingerprint density at radius 3 is 2.23 bits per heavy atom. The number of nitrogens with one attached hydrogen (secondary N) is 1. The van der Waals surface area contributed by atoms with Crippen LogP contribution in [0.3, 0.4) is 0 Å². The van der Waals surface area contributed by atoms with Gasteiger partial charge in [0.15, 0.2) is 11.5 Å². The van der Waals surface area contributed by atoms with Crippen LogP contribution in [0.2, 0.25) is 18.1 Å². The molecule has 0 aliphatic rings. The largest absolute Gasteiger partial charge is 0.541 e. The van der Waals surface area contributed by atoms with E-state index in [1.54, 1.807) is 14.2 Å². The molecule has 0 aliphatic carbocycles. The summed E-state index contributed by atoms with van der Waals surface area (Å²) in [6, 6.07) is 5.81. The maximum atomic E-state index is 6.59. The Balaban J connectivity index is 2.51. The van der Waals surface area contributed by atoms with Crippen LogP contribution in [-0.4, -0.2) is 32.7 Å². The number of aromatic amines is 1. The molecular weight excluding hydrogens is 344 g/mol. The van der Waals surface area contributed by atoms with Crippen LogP contribution in [0.5, 0.6) is 17.2 Å². The van der Waals surface area contributed by atoms with Crippen molar-refractivity contribution in [3.05, 3.63) is 35.2 Å². The lowest BCUT2D eigenvalue weighted by molar-refractivity contribution is 0.374. The number of aryl methyl sites for hydroxylation is 1. The normalized spacial score (nSPS) is 12.5. The predicted molar refractivity (Wildman–Crippen MR) is 110 cm³/mol. The summed E-state index contributed by atoms with van der Waals surface area (Å²) in [4.78, 5) is 0. The molecule has 0 atom stereocenters. The van der Waals surface area contributed by atoms with Crippen LogP contribution >= 0.6 is 0 Å². The van der Waals surface area contributed by atoms with Gasteiger partial charge in [-0.3, -0.25) is 5.10 Å². The molecule has 0 unspecified atom stereocenters. The van der Waals surface area contributed by atoms with E-state index in [9.17, 15) is 0 Å². The van der Waals surface area contributed by atoms with Gasteiger partial charge in [-0.1, -0.05) is 20.8 Å². The molecule has 2 aromatic rings. The van der Waals surface area contributed by atoms with Crippen molar-refractivity contribution in [2.75, 3.05) is 14.2 Å². The lowest BCUT2D eigenvalue weighted by atomic mass is 10.1. The molecule has 1 heterocycles. The predicted octanol–water partition coefficient (Wildman–Crippen LogP) is 5.29. The second-order valence-corrected chi connectivity index (χ2v) is 12.6. The van der Waals surface area contributed by atoms with Crippen molar-refractivity contribution in [3.8, 4) is 17.2 Å². The average molecular weight is 375 g/mol. The first-order chi connectivity index (χ1) is 12.1. The molecule has 26 heavy (non-hydrogen) atoms. The summed E-state index contributed by atoms with van der Waals surface area (Å²) in [5, 5.41) is 7.28. The monoisotopic (exact) mass is 374 g/mol. The zero-order chi connectivity index (χ0) is 19.5. The first-order valence-electron chi connectivity index (χ1n) is 8.72. The van der Waals surface area contributed by atoms with Crippen LogP contribution in [-0.2, 0) is 0 Å². The Labute approximate surface area is 157 Å². The van der Waals surface area contributed by atoms with Crippen molar-refractivity contribution in [1.29, 1.82) is 0 Å². The maximum absolute atomic E-state index is 6.59. The van der Waals surface area contributed by atoms with Crippen LogP contribution in [0.15, 0.2) is 18.2 Å². The lowest BCUT2D eigenvalue weighted by Crippen LogP contribution is -2.44. The number of nitrogens with zero attached hydrogens (tertiary/aromatic N) is 1. The van der Waals surface area contributed by atoms with Crippen molar-refractivity contribution in [2.45, 2.75) is 45.8 Å². The fourth-order valence-corrected chi connectivity index (χ4v) is 3.24. The third-order valence-electron chi connectivity index (χ3n) is 4.84. The zero-order valence-corrected chi connectivity index (χ0v) is 18.1. The highest BCUT2D eigenvalue weighted by Crippen LogP contribution is 2.43. The van der Waals surface area contributed by atoms with Gasteiger partial charge in [0.2, 0.25) is 0 Å². The van der Waals surface area contributed by atoms with Crippen LogP contribution in [0.1, 0.15) is 37.7 Å². The number of hydrogen-bond acceptors (Lipinski definition) is 4. The summed E-state index contributed by atoms with van der Waals surface area (Å²) >= 11 is 0. The molecule has 0 saturated carbocycles. The standard InChI is InChI=1S/C20H30N2O3Si/c1-14-11-16(22-21-14)10-9-15-12-17(23-5)13-18(24-6)19(15)25-26(7,8)20(2,3)4/h9-13H,1-8H3,(H,21,22)/b10-9+. The zero-order valence-electron chi connectivity index (χ0n) is 17.1. The van der Waals surface area contributed by atoms with Gasteiger partial charge in [-0.15, -0.1) is 0 Å². The molecule has 0 fully saturated rings. The minimum atomic E-state index is -2.03. The molecule has 0 bridgehead atoms. The van der Waals surface area contributed by atoms with Crippen LogP contribution in [0.25, 0.3) is 12.2 Å². The third kappa shape index (κ3) is 4.49. The Morgan fingerprint density at radius 2 is 1.73 bits per heavy atom. The summed E-state index contributed by atoms with van der Waals surface area (Å²) in [7, 11) is 1.26. The van der Waals surface area contributed by atoms with E-state index in [-0.39, 0.29) is 5.04 Å². The fourth-order valence-electron chi connectivity index (χ4n) is 2.21. The Morgan fingerprint density at radius 1 is 1.04 bits per heavy atom. The van der Waals surface area contributed by atoms with E-state index < -0.39 is 8.32 Å². The molecule has 142 valence electrons. The van der Waals surface area contributed by atoms with Crippen LogP contribution < -0.4 is 13.9 Å². The smallest absolute Gasteiger partial charge is 0.250 e. The molecule has 6 heteroatoms. The average Bonchev–Trinajstić information content (AvgIpc) is 2.97. The van der Waals surface area contributed by atoms with Gasteiger partial charge in [0.05, 0.1) is 19.9 Å². The Bertz CT molecular complexity index is 789. The highest BCUT2D eigenvalue weighted by atomic mass is 28.4. The molecule has 1 N–H and O–H groups in total.